The minimum Gasteiger partial charge on any atom is -0.376 e. The number of nitrogens with zero attached hydrogens (tertiary/aromatic N) is 4. The van der Waals surface area contributed by atoms with Crippen LogP contribution in [0.15, 0.2) is 12.4 Å². The van der Waals surface area contributed by atoms with Crippen LogP contribution in [0.4, 0.5) is 10.3 Å². The van der Waals surface area contributed by atoms with Crippen LogP contribution in [0, 0.1) is 5.82 Å². The molecule has 3 aliphatic heterocycles. The van der Waals surface area contributed by atoms with Gasteiger partial charge in [0.15, 0.2) is 5.82 Å². The highest BCUT2D eigenvalue weighted by Gasteiger charge is 2.47. The quantitative estimate of drug-likeness (QED) is 0.779. The van der Waals surface area contributed by atoms with E-state index in [2.05, 4.69) is 32.0 Å². The van der Waals surface area contributed by atoms with Crippen LogP contribution >= 0.6 is 0 Å². The number of aromatic nitrogens is 2. The lowest BCUT2D eigenvalue weighted by Crippen LogP contribution is -2.71. The second-order valence-electron chi connectivity index (χ2n) is 8.17. The first-order valence-corrected chi connectivity index (χ1v) is 10.6. The zero-order valence-electron chi connectivity index (χ0n) is 17.0. The van der Waals surface area contributed by atoms with Crippen molar-refractivity contribution in [2.24, 2.45) is 0 Å². The molecule has 9 heteroatoms. The van der Waals surface area contributed by atoms with Gasteiger partial charge >= 0.3 is 0 Å². The molecular formula is C20H30FN5O3. The van der Waals surface area contributed by atoms with Gasteiger partial charge in [-0.3, -0.25) is 9.69 Å². The molecule has 3 fully saturated rings. The highest BCUT2D eigenvalue weighted by Crippen LogP contribution is 2.31. The smallest absolute Gasteiger partial charge is 0.246 e. The molecule has 3 aliphatic rings. The second kappa shape index (κ2) is 8.89. The standard InChI is InChI=1S/C20H30FN5O3/c1-2-25-7-3-6-20(14-28-13-18(27)24-20)17(25)12-29-16-4-8-26(9-5-16)19-22-10-15(21)11-23-19/h10-11,16-17H,2-9,12-14H2,1H3,(H,24,27). The van der Waals surface area contributed by atoms with Crippen LogP contribution in [0.5, 0.6) is 0 Å². The van der Waals surface area contributed by atoms with Gasteiger partial charge in [-0.05, 0) is 38.8 Å². The van der Waals surface area contributed by atoms with Gasteiger partial charge in [-0.15, -0.1) is 0 Å². The second-order valence-corrected chi connectivity index (χ2v) is 8.17. The van der Waals surface area contributed by atoms with Crippen molar-refractivity contribution >= 4 is 11.9 Å². The molecule has 1 spiro atoms. The Kier molecular flexibility index (Phi) is 6.26. The molecule has 0 bridgehead atoms. The van der Waals surface area contributed by atoms with E-state index in [0.29, 0.717) is 19.2 Å². The number of piperidine rings is 2. The van der Waals surface area contributed by atoms with Gasteiger partial charge in [0, 0.05) is 13.1 Å². The van der Waals surface area contributed by atoms with E-state index in [1.165, 1.54) is 12.4 Å². The Morgan fingerprint density at radius 1 is 1.31 bits per heavy atom. The molecule has 3 saturated heterocycles. The Morgan fingerprint density at radius 2 is 2.07 bits per heavy atom. The first kappa shape index (κ1) is 20.4. The SMILES string of the molecule is CCN1CCCC2(COCC(=O)N2)C1COC1CCN(c2ncc(F)cn2)CC1. The third-order valence-electron chi connectivity index (χ3n) is 6.36. The topological polar surface area (TPSA) is 79.8 Å². The van der Waals surface area contributed by atoms with Gasteiger partial charge in [0.05, 0.1) is 43.3 Å². The average Bonchev–Trinajstić information content (AvgIpc) is 2.74. The summed E-state index contributed by atoms with van der Waals surface area (Å²) in [5.74, 6) is 0.106. The van der Waals surface area contributed by atoms with Crippen LogP contribution in [-0.2, 0) is 14.3 Å². The molecule has 2 unspecified atom stereocenters. The number of ether oxygens (including phenoxy) is 2. The van der Waals surface area contributed by atoms with Crippen molar-refractivity contribution in [2.45, 2.75) is 50.3 Å². The summed E-state index contributed by atoms with van der Waals surface area (Å²) in [6.07, 6.45) is 6.27. The zero-order valence-corrected chi connectivity index (χ0v) is 17.0. The molecule has 1 amide bonds. The van der Waals surface area contributed by atoms with Gasteiger partial charge in [0.2, 0.25) is 11.9 Å². The first-order chi connectivity index (χ1) is 14.1. The first-order valence-electron chi connectivity index (χ1n) is 10.6. The summed E-state index contributed by atoms with van der Waals surface area (Å²) in [5.41, 5.74) is -0.355. The van der Waals surface area contributed by atoms with Crippen LogP contribution < -0.4 is 10.2 Å². The molecule has 1 aromatic rings. The van der Waals surface area contributed by atoms with E-state index in [-0.39, 0.29) is 30.2 Å². The number of anilines is 1. The van der Waals surface area contributed by atoms with E-state index in [4.69, 9.17) is 9.47 Å². The summed E-state index contributed by atoms with van der Waals surface area (Å²) in [6.45, 7) is 6.92. The molecule has 0 radical (unpaired) electrons. The molecular weight excluding hydrogens is 377 g/mol. The van der Waals surface area contributed by atoms with Gasteiger partial charge in [0.25, 0.3) is 0 Å². The molecule has 4 rings (SSSR count). The summed E-state index contributed by atoms with van der Waals surface area (Å²) in [4.78, 5) is 24.6. The van der Waals surface area contributed by atoms with Crippen molar-refractivity contribution in [3.05, 3.63) is 18.2 Å². The maximum atomic E-state index is 13.0. The lowest BCUT2D eigenvalue weighted by molar-refractivity contribution is -0.144. The van der Waals surface area contributed by atoms with E-state index in [1.807, 2.05) is 0 Å². The van der Waals surface area contributed by atoms with E-state index in [1.54, 1.807) is 0 Å². The minimum atomic E-state index is -0.423. The van der Waals surface area contributed by atoms with E-state index in [0.717, 1.165) is 51.9 Å². The fourth-order valence-corrected chi connectivity index (χ4v) is 4.82. The van der Waals surface area contributed by atoms with Crippen molar-refractivity contribution < 1.29 is 18.7 Å². The van der Waals surface area contributed by atoms with Crippen molar-refractivity contribution in [3.63, 3.8) is 0 Å². The summed E-state index contributed by atoms with van der Waals surface area (Å²) in [7, 11) is 0. The van der Waals surface area contributed by atoms with Crippen LogP contribution in [0.2, 0.25) is 0 Å². The van der Waals surface area contributed by atoms with Gasteiger partial charge in [-0.25, -0.2) is 14.4 Å². The summed E-state index contributed by atoms with van der Waals surface area (Å²) >= 11 is 0. The molecule has 29 heavy (non-hydrogen) atoms. The lowest BCUT2D eigenvalue weighted by atomic mass is 9.81. The number of carbonyl (C=O) groups is 1. The maximum absolute atomic E-state index is 13.0. The Morgan fingerprint density at radius 3 is 2.76 bits per heavy atom. The number of nitrogens with one attached hydrogen (secondary N) is 1. The monoisotopic (exact) mass is 407 g/mol. The Labute approximate surface area is 170 Å². The van der Waals surface area contributed by atoms with Gasteiger partial charge < -0.3 is 19.7 Å². The van der Waals surface area contributed by atoms with E-state index in [9.17, 15) is 9.18 Å². The molecule has 8 nitrogen and oxygen atoms in total. The molecule has 0 aromatic carbocycles. The highest BCUT2D eigenvalue weighted by molar-refractivity contribution is 5.79. The van der Waals surface area contributed by atoms with Gasteiger partial charge in [-0.1, -0.05) is 6.92 Å². The number of hydrogen-bond donors (Lipinski definition) is 1. The molecule has 4 heterocycles. The van der Waals surface area contributed by atoms with Gasteiger partial charge in [0.1, 0.15) is 6.61 Å². The molecule has 1 N–H and O–H groups in total. The summed E-state index contributed by atoms with van der Waals surface area (Å²) < 4.78 is 25.0. The third-order valence-corrected chi connectivity index (χ3v) is 6.36. The number of carbonyl (C=O) groups excluding carboxylic acids is 1. The van der Waals surface area contributed by atoms with Crippen LogP contribution in [-0.4, -0.2) is 84.5 Å². The van der Waals surface area contributed by atoms with Crippen molar-refractivity contribution in [1.82, 2.24) is 20.2 Å². The van der Waals surface area contributed by atoms with Crippen molar-refractivity contribution in [1.29, 1.82) is 0 Å². The fourth-order valence-electron chi connectivity index (χ4n) is 4.82. The number of amides is 1. The number of hydrogen-bond acceptors (Lipinski definition) is 7. The Balaban J connectivity index is 1.34. The highest BCUT2D eigenvalue weighted by atomic mass is 19.1. The number of morpholine rings is 1. The molecule has 0 saturated carbocycles. The number of rotatable bonds is 5. The average molecular weight is 407 g/mol. The molecule has 1 aromatic heterocycles. The molecule has 160 valence electrons. The van der Waals surface area contributed by atoms with Gasteiger partial charge in [-0.2, -0.15) is 0 Å². The van der Waals surface area contributed by atoms with Crippen LogP contribution in [0.3, 0.4) is 0 Å². The fraction of sp³-hybridized carbons (Fsp3) is 0.750. The van der Waals surface area contributed by atoms with E-state index < -0.39 is 5.82 Å². The zero-order chi connectivity index (χ0) is 20.3. The maximum Gasteiger partial charge on any atom is 0.246 e. The third kappa shape index (κ3) is 4.51. The predicted molar refractivity (Wildman–Crippen MR) is 105 cm³/mol. The Bertz CT molecular complexity index is 694. The largest absolute Gasteiger partial charge is 0.376 e. The summed E-state index contributed by atoms with van der Waals surface area (Å²) in [6, 6.07) is 0.115. The van der Waals surface area contributed by atoms with Crippen LogP contribution in [0.1, 0.15) is 32.6 Å². The van der Waals surface area contributed by atoms with Crippen LogP contribution in [0.25, 0.3) is 0 Å². The molecule has 2 atom stereocenters. The molecule has 0 aliphatic carbocycles. The predicted octanol–water partition coefficient (Wildman–Crippen LogP) is 0.971. The number of likely N-dealkylation sites (tertiary alicyclic amines) is 1. The Hall–Kier alpha value is -1.84. The minimum absolute atomic E-state index is 0.0354. The van der Waals surface area contributed by atoms with Crippen molar-refractivity contribution in [3.8, 4) is 0 Å². The normalized spacial score (nSPS) is 29.2. The summed E-state index contributed by atoms with van der Waals surface area (Å²) in [5, 5.41) is 3.23. The number of halogens is 1. The van der Waals surface area contributed by atoms with Crippen molar-refractivity contribution in [2.75, 3.05) is 50.9 Å². The lowest BCUT2D eigenvalue weighted by Gasteiger charge is -2.51. The van der Waals surface area contributed by atoms with E-state index >= 15 is 0 Å². The number of likely N-dealkylation sites (N-methyl/N-ethyl adjacent to an activating group) is 1.